The van der Waals surface area contributed by atoms with Gasteiger partial charge in [-0.05, 0) is 233 Å². The minimum atomic E-state index is 1.22. The average molecular weight is 1290 g/mol. The molecule has 474 valence electrons. The van der Waals surface area contributed by atoms with E-state index >= 15 is 0 Å². The van der Waals surface area contributed by atoms with Crippen molar-refractivity contribution in [2.45, 2.75) is 0 Å². The Bertz CT molecular complexity index is 6530. The zero-order valence-corrected chi connectivity index (χ0v) is 56.1. The number of benzene rings is 20. The van der Waals surface area contributed by atoms with Crippen LogP contribution in [0.4, 0.5) is 0 Å². The second kappa shape index (κ2) is 25.5. The SMILES string of the molecule is c1ccc(-c2ccccc2-c2ccc3ccc(-c4c5ccccc5c(-c5ccc(-c6ccc7ccccc7c6)cc5)c5ccccc45)cc3c2)cc1.c1ccc2cc(-c3ccc(-c4c5ccccc5c(-c5ccc6ccc(-c7cccc8ccccc78)cc6c5)c5ccccc45)cc3)ccc2c1. The molecule has 20 aromatic rings. The highest BCUT2D eigenvalue weighted by atomic mass is 14.2. The van der Waals surface area contributed by atoms with E-state index in [9.17, 15) is 0 Å². The molecule has 0 aromatic heterocycles. The summed E-state index contributed by atoms with van der Waals surface area (Å²) in [7, 11) is 0. The Kier molecular flexibility index (Phi) is 15.0. The summed E-state index contributed by atoms with van der Waals surface area (Å²) in [5, 5.41) is 22.7. The molecule has 0 heterocycles. The molecule has 0 radical (unpaired) electrons. The summed E-state index contributed by atoms with van der Waals surface area (Å²) in [4.78, 5) is 0. The molecule has 102 heavy (non-hydrogen) atoms. The van der Waals surface area contributed by atoms with E-state index in [4.69, 9.17) is 0 Å². The van der Waals surface area contributed by atoms with E-state index in [1.54, 1.807) is 0 Å². The van der Waals surface area contributed by atoms with Crippen molar-refractivity contribution >= 4 is 97.0 Å². The van der Waals surface area contributed by atoms with Gasteiger partial charge in [0.05, 0.1) is 0 Å². The van der Waals surface area contributed by atoms with Gasteiger partial charge in [-0.1, -0.05) is 364 Å². The molecule has 0 unspecified atom stereocenters. The number of hydrogen-bond acceptors (Lipinski definition) is 0. The van der Waals surface area contributed by atoms with Crippen LogP contribution in [0.15, 0.2) is 400 Å². The van der Waals surface area contributed by atoms with Crippen molar-refractivity contribution in [1.29, 1.82) is 0 Å². The van der Waals surface area contributed by atoms with Gasteiger partial charge in [0.2, 0.25) is 0 Å². The first kappa shape index (κ1) is 60.0. The van der Waals surface area contributed by atoms with E-state index in [0.717, 1.165) is 0 Å². The molecule has 0 saturated carbocycles. The van der Waals surface area contributed by atoms with Gasteiger partial charge in [0.25, 0.3) is 0 Å². The van der Waals surface area contributed by atoms with Crippen LogP contribution < -0.4 is 0 Å². The summed E-state index contributed by atoms with van der Waals surface area (Å²) in [6.07, 6.45) is 0. The normalized spacial score (nSPS) is 11.5. The second-order valence-corrected chi connectivity index (χ2v) is 27.0. The summed E-state index contributed by atoms with van der Waals surface area (Å²) in [6.45, 7) is 0. The van der Waals surface area contributed by atoms with Crippen LogP contribution in [0.3, 0.4) is 0 Å². The smallest absolute Gasteiger partial charge is 0.00262 e. The Morgan fingerprint density at radius 2 is 0.343 bits per heavy atom. The van der Waals surface area contributed by atoms with Crippen molar-refractivity contribution in [2.75, 3.05) is 0 Å². The first-order valence-electron chi connectivity index (χ1n) is 35.3. The Morgan fingerprint density at radius 1 is 0.0980 bits per heavy atom. The van der Waals surface area contributed by atoms with E-state index in [-0.39, 0.29) is 0 Å². The van der Waals surface area contributed by atoms with E-state index in [0.29, 0.717) is 0 Å². The van der Waals surface area contributed by atoms with Crippen LogP contribution in [0, 0.1) is 0 Å². The lowest BCUT2D eigenvalue weighted by molar-refractivity contribution is 1.59. The fourth-order valence-corrected chi connectivity index (χ4v) is 16.1. The minimum absolute atomic E-state index is 1.22. The third kappa shape index (κ3) is 10.8. The Balaban J connectivity index is 0.000000141. The predicted molar refractivity (Wildman–Crippen MR) is 439 cm³/mol. The molecular formula is C102H66. The van der Waals surface area contributed by atoms with Crippen molar-refractivity contribution in [3.8, 4) is 100 Å². The maximum absolute atomic E-state index is 2.39. The van der Waals surface area contributed by atoms with Gasteiger partial charge in [-0.15, -0.1) is 0 Å². The molecule has 0 heteroatoms. The van der Waals surface area contributed by atoms with Crippen molar-refractivity contribution in [2.24, 2.45) is 0 Å². The summed E-state index contributed by atoms with van der Waals surface area (Å²) in [5.41, 5.74) is 22.4. The highest BCUT2D eigenvalue weighted by molar-refractivity contribution is 6.23. The molecule has 20 aromatic carbocycles. The van der Waals surface area contributed by atoms with Crippen LogP contribution in [-0.2, 0) is 0 Å². The molecular weight excluding hydrogens is 1230 g/mol. The molecule has 0 aliphatic carbocycles. The van der Waals surface area contributed by atoms with Gasteiger partial charge >= 0.3 is 0 Å². The molecule has 0 fully saturated rings. The molecule has 0 spiro atoms. The zero-order chi connectivity index (χ0) is 67.5. The van der Waals surface area contributed by atoms with Crippen molar-refractivity contribution < 1.29 is 0 Å². The van der Waals surface area contributed by atoms with Crippen LogP contribution in [-0.4, -0.2) is 0 Å². The molecule has 0 bridgehead atoms. The predicted octanol–water partition coefficient (Wildman–Crippen LogP) is 28.8. The molecule has 0 amide bonds. The number of hydrogen-bond donors (Lipinski definition) is 0. The quantitative estimate of drug-likeness (QED) is 0.126. The van der Waals surface area contributed by atoms with Crippen molar-refractivity contribution in [1.82, 2.24) is 0 Å². The summed E-state index contributed by atoms with van der Waals surface area (Å²) in [6, 6.07) is 147. The highest BCUT2D eigenvalue weighted by Crippen LogP contribution is 2.48. The van der Waals surface area contributed by atoms with E-state index < -0.39 is 0 Å². The van der Waals surface area contributed by atoms with Crippen LogP contribution in [0.1, 0.15) is 0 Å². The first-order chi connectivity index (χ1) is 50.6. The average Bonchev–Trinajstić information content (AvgIpc) is 0.736. The lowest BCUT2D eigenvalue weighted by Crippen LogP contribution is -1.91. The molecule has 0 aliphatic rings. The van der Waals surface area contributed by atoms with E-state index in [2.05, 4.69) is 400 Å². The maximum Gasteiger partial charge on any atom is -0.00262 e. The monoisotopic (exact) mass is 1290 g/mol. The molecule has 20 rings (SSSR count). The van der Waals surface area contributed by atoms with Gasteiger partial charge in [-0.3, -0.25) is 0 Å². The summed E-state index contributed by atoms with van der Waals surface area (Å²) >= 11 is 0. The first-order valence-corrected chi connectivity index (χ1v) is 35.3. The third-order valence-corrected chi connectivity index (χ3v) is 21.1. The zero-order valence-electron chi connectivity index (χ0n) is 56.1. The van der Waals surface area contributed by atoms with Gasteiger partial charge < -0.3 is 0 Å². The third-order valence-electron chi connectivity index (χ3n) is 21.1. The van der Waals surface area contributed by atoms with Gasteiger partial charge in [-0.25, -0.2) is 0 Å². The maximum atomic E-state index is 2.39. The van der Waals surface area contributed by atoms with Crippen LogP contribution in [0.25, 0.3) is 197 Å². The Hall–Kier alpha value is -13.3. The van der Waals surface area contributed by atoms with Crippen LogP contribution >= 0.6 is 0 Å². The lowest BCUT2D eigenvalue weighted by atomic mass is 9.85. The Morgan fingerprint density at radius 3 is 0.765 bits per heavy atom. The van der Waals surface area contributed by atoms with Gasteiger partial charge in [0.15, 0.2) is 0 Å². The number of fused-ring (bicyclic) bond motifs is 9. The Labute approximate surface area is 593 Å². The van der Waals surface area contributed by atoms with Crippen LogP contribution in [0.5, 0.6) is 0 Å². The van der Waals surface area contributed by atoms with Crippen molar-refractivity contribution in [3.05, 3.63) is 400 Å². The van der Waals surface area contributed by atoms with Crippen molar-refractivity contribution in [3.63, 3.8) is 0 Å². The summed E-state index contributed by atoms with van der Waals surface area (Å²) in [5.74, 6) is 0. The molecule has 0 saturated heterocycles. The van der Waals surface area contributed by atoms with E-state index in [1.807, 2.05) is 0 Å². The van der Waals surface area contributed by atoms with Gasteiger partial charge in [-0.2, -0.15) is 0 Å². The van der Waals surface area contributed by atoms with Gasteiger partial charge in [0.1, 0.15) is 0 Å². The second-order valence-electron chi connectivity index (χ2n) is 27.0. The molecule has 0 N–H and O–H groups in total. The lowest BCUT2D eigenvalue weighted by Gasteiger charge is -2.18. The molecule has 0 nitrogen and oxygen atoms in total. The topological polar surface area (TPSA) is 0 Å². The molecule has 0 aliphatic heterocycles. The van der Waals surface area contributed by atoms with Crippen LogP contribution in [0.2, 0.25) is 0 Å². The minimum Gasteiger partial charge on any atom is -0.0622 e. The van der Waals surface area contributed by atoms with E-state index in [1.165, 1.54) is 197 Å². The molecule has 0 atom stereocenters. The highest BCUT2D eigenvalue weighted by Gasteiger charge is 2.20. The van der Waals surface area contributed by atoms with Gasteiger partial charge in [0, 0.05) is 0 Å². The number of rotatable bonds is 9. The fourth-order valence-electron chi connectivity index (χ4n) is 16.1. The fraction of sp³-hybridized carbons (Fsp3) is 0. The standard InChI is InChI=1S/C52H34.C50H32/c1-2-13-38(14-3-1)45-16-6-7-17-46(45)42-30-25-37-26-31-43(34-44(37)33-42)52-49-20-10-8-18-47(49)51(48-19-9-11-21-50(48)52)39-27-22-36(23-28-39)41-29-24-35-12-4-5-15-40(35)32-41;1-2-12-38-30-39(27-22-33(38)10-1)34-20-25-37(26-21-34)49-45-15-5-7-17-47(45)50(48-18-8-6-16-46(48)49)41-29-24-35-23-28-40(31-42(35)32-41)44-19-9-13-36-11-3-4-14-43(36)44/h1-34H;1-32H. The summed E-state index contributed by atoms with van der Waals surface area (Å²) < 4.78 is 0. The largest absolute Gasteiger partial charge is 0.0622 e.